The normalized spacial score (nSPS) is 10.0. The molecule has 0 heterocycles. The van der Waals surface area contributed by atoms with Gasteiger partial charge in [0.15, 0.2) is 0 Å². The quantitative estimate of drug-likeness (QED) is 0.733. The Morgan fingerprint density at radius 1 is 1.18 bits per heavy atom. The average Bonchev–Trinajstić information content (AvgIpc) is 2.30. The van der Waals surface area contributed by atoms with Crippen molar-refractivity contribution in [3.05, 3.63) is 24.3 Å². The molecule has 3 heteroatoms. The zero-order chi connectivity index (χ0) is 12.5. The monoisotopic (exact) mass is 235 g/mol. The van der Waals surface area contributed by atoms with Crippen LogP contribution in [0.25, 0.3) is 0 Å². The van der Waals surface area contributed by atoms with E-state index in [-0.39, 0.29) is 5.91 Å². The highest BCUT2D eigenvalue weighted by Gasteiger charge is 1.97. The van der Waals surface area contributed by atoms with Crippen molar-refractivity contribution in [3.8, 4) is 5.75 Å². The molecule has 0 aliphatic rings. The first-order valence-electron chi connectivity index (χ1n) is 6.23. The summed E-state index contributed by atoms with van der Waals surface area (Å²) in [6, 6.07) is 7.46. The van der Waals surface area contributed by atoms with E-state index in [2.05, 4.69) is 12.2 Å². The average molecular weight is 235 g/mol. The second-order valence-corrected chi connectivity index (χ2v) is 4.11. The van der Waals surface area contributed by atoms with Gasteiger partial charge in [0, 0.05) is 12.6 Å². The Kier molecular flexibility index (Phi) is 6.15. The maximum Gasteiger partial charge on any atom is 0.221 e. The Bertz CT molecular complexity index is 333. The Morgan fingerprint density at radius 3 is 2.47 bits per heavy atom. The van der Waals surface area contributed by atoms with E-state index in [1.54, 1.807) is 0 Å². The fraction of sp³-hybridized carbons (Fsp3) is 0.500. The Morgan fingerprint density at radius 2 is 1.88 bits per heavy atom. The molecule has 0 saturated carbocycles. The molecule has 0 aliphatic carbocycles. The van der Waals surface area contributed by atoms with Gasteiger partial charge in [-0.2, -0.15) is 0 Å². The molecule has 0 radical (unpaired) electrons. The lowest BCUT2D eigenvalue weighted by atomic mass is 10.2. The molecule has 0 atom stereocenters. The summed E-state index contributed by atoms with van der Waals surface area (Å²) in [6.07, 6.45) is 4.83. The smallest absolute Gasteiger partial charge is 0.221 e. The van der Waals surface area contributed by atoms with Crippen molar-refractivity contribution in [2.24, 2.45) is 0 Å². The summed E-state index contributed by atoms with van der Waals surface area (Å²) in [5, 5.41) is 2.72. The van der Waals surface area contributed by atoms with Crippen LogP contribution < -0.4 is 10.1 Å². The molecule has 1 aromatic rings. The van der Waals surface area contributed by atoms with Crippen LogP contribution in [0.2, 0.25) is 0 Å². The van der Waals surface area contributed by atoms with Gasteiger partial charge in [-0.25, -0.2) is 0 Å². The van der Waals surface area contributed by atoms with E-state index in [1.807, 2.05) is 24.3 Å². The van der Waals surface area contributed by atoms with E-state index in [0.717, 1.165) is 24.5 Å². The van der Waals surface area contributed by atoms with Crippen LogP contribution in [0, 0.1) is 0 Å². The molecule has 0 bridgehead atoms. The van der Waals surface area contributed by atoms with Crippen molar-refractivity contribution in [2.75, 3.05) is 11.9 Å². The van der Waals surface area contributed by atoms with Crippen LogP contribution in [0.5, 0.6) is 5.75 Å². The number of nitrogens with one attached hydrogen (secondary N) is 1. The van der Waals surface area contributed by atoms with E-state index >= 15 is 0 Å². The number of ether oxygens (including phenoxy) is 1. The van der Waals surface area contributed by atoms with Crippen LogP contribution in [0.15, 0.2) is 24.3 Å². The molecule has 3 nitrogen and oxygen atoms in total. The summed E-state index contributed by atoms with van der Waals surface area (Å²) in [7, 11) is 0. The third-order valence-electron chi connectivity index (χ3n) is 2.44. The Balaban J connectivity index is 2.28. The van der Waals surface area contributed by atoms with Gasteiger partial charge < -0.3 is 10.1 Å². The van der Waals surface area contributed by atoms with Crippen LogP contribution in [0.4, 0.5) is 5.69 Å². The summed E-state index contributed by atoms with van der Waals surface area (Å²) in [5.41, 5.74) is 0.802. The maximum absolute atomic E-state index is 10.8. The van der Waals surface area contributed by atoms with Crippen molar-refractivity contribution in [2.45, 2.75) is 39.5 Å². The van der Waals surface area contributed by atoms with Crippen LogP contribution in [0.1, 0.15) is 39.5 Å². The van der Waals surface area contributed by atoms with E-state index in [9.17, 15) is 4.79 Å². The predicted molar refractivity (Wildman–Crippen MR) is 70.4 cm³/mol. The minimum Gasteiger partial charge on any atom is -0.494 e. The summed E-state index contributed by atoms with van der Waals surface area (Å²) >= 11 is 0. The highest BCUT2D eigenvalue weighted by atomic mass is 16.5. The lowest BCUT2D eigenvalue weighted by molar-refractivity contribution is -0.114. The van der Waals surface area contributed by atoms with Crippen LogP contribution >= 0.6 is 0 Å². The summed E-state index contributed by atoms with van der Waals surface area (Å²) < 4.78 is 5.60. The highest BCUT2D eigenvalue weighted by molar-refractivity contribution is 5.88. The minimum absolute atomic E-state index is 0.0572. The van der Waals surface area contributed by atoms with Gasteiger partial charge in [0.25, 0.3) is 0 Å². The Hall–Kier alpha value is -1.51. The third kappa shape index (κ3) is 5.95. The first-order chi connectivity index (χ1) is 8.22. The van der Waals surface area contributed by atoms with E-state index in [1.165, 1.54) is 26.2 Å². The number of rotatable bonds is 7. The molecular weight excluding hydrogens is 214 g/mol. The maximum atomic E-state index is 10.8. The van der Waals surface area contributed by atoms with E-state index < -0.39 is 0 Å². The van der Waals surface area contributed by atoms with Crippen LogP contribution in [0.3, 0.4) is 0 Å². The van der Waals surface area contributed by atoms with Crippen LogP contribution in [-0.4, -0.2) is 12.5 Å². The molecule has 1 rings (SSSR count). The number of unbranched alkanes of at least 4 members (excludes halogenated alkanes) is 3. The Labute approximate surface area is 103 Å². The molecule has 0 aromatic heterocycles. The van der Waals surface area contributed by atoms with Crippen molar-refractivity contribution < 1.29 is 9.53 Å². The molecular formula is C14H21NO2. The number of carbonyl (C=O) groups is 1. The van der Waals surface area contributed by atoms with Crippen molar-refractivity contribution in [3.63, 3.8) is 0 Å². The number of hydrogen-bond acceptors (Lipinski definition) is 2. The second-order valence-electron chi connectivity index (χ2n) is 4.11. The van der Waals surface area contributed by atoms with Gasteiger partial charge in [-0.15, -0.1) is 0 Å². The van der Waals surface area contributed by atoms with Crippen molar-refractivity contribution in [1.29, 1.82) is 0 Å². The number of anilines is 1. The van der Waals surface area contributed by atoms with Crippen LogP contribution in [-0.2, 0) is 4.79 Å². The molecule has 1 N–H and O–H groups in total. The lowest BCUT2D eigenvalue weighted by Gasteiger charge is -2.07. The molecule has 1 aromatic carbocycles. The number of hydrogen-bond donors (Lipinski definition) is 1. The molecule has 0 fully saturated rings. The highest BCUT2D eigenvalue weighted by Crippen LogP contribution is 2.16. The number of carbonyl (C=O) groups excluding carboxylic acids is 1. The van der Waals surface area contributed by atoms with Gasteiger partial charge in [0.1, 0.15) is 5.75 Å². The molecule has 0 aliphatic heterocycles. The van der Waals surface area contributed by atoms with Crippen molar-refractivity contribution in [1.82, 2.24) is 0 Å². The molecule has 94 valence electrons. The predicted octanol–water partition coefficient (Wildman–Crippen LogP) is 3.60. The van der Waals surface area contributed by atoms with Gasteiger partial charge in [0.2, 0.25) is 5.91 Å². The molecule has 0 saturated heterocycles. The van der Waals surface area contributed by atoms with Gasteiger partial charge >= 0.3 is 0 Å². The van der Waals surface area contributed by atoms with Gasteiger partial charge in [-0.05, 0) is 30.7 Å². The number of benzene rings is 1. The van der Waals surface area contributed by atoms with Crippen molar-refractivity contribution >= 4 is 11.6 Å². The zero-order valence-corrected chi connectivity index (χ0v) is 10.7. The topological polar surface area (TPSA) is 38.3 Å². The molecule has 1 amide bonds. The lowest BCUT2D eigenvalue weighted by Crippen LogP contribution is -2.05. The summed E-state index contributed by atoms with van der Waals surface area (Å²) in [4.78, 5) is 10.8. The minimum atomic E-state index is -0.0572. The molecule has 0 unspecified atom stereocenters. The van der Waals surface area contributed by atoms with Gasteiger partial charge in [0.05, 0.1) is 6.61 Å². The summed E-state index contributed by atoms with van der Waals surface area (Å²) in [5.74, 6) is 0.800. The first kappa shape index (κ1) is 13.6. The largest absolute Gasteiger partial charge is 0.494 e. The fourth-order valence-electron chi connectivity index (χ4n) is 1.56. The molecule has 0 spiro atoms. The fourth-order valence-corrected chi connectivity index (χ4v) is 1.56. The van der Waals surface area contributed by atoms with Gasteiger partial charge in [-0.1, -0.05) is 26.2 Å². The standard InChI is InChI=1S/C14H21NO2/c1-3-4-5-6-11-17-14-9-7-13(8-10-14)15-12(2)16/h7-10H,3-6,11H2,1-2H3,(H,15,16). The summed E-state index contributed by atoms with van der Waals surface area (Å²) in [6.45, 7) is 4.46. The zero-order valence-electron chi connectivity index (χ0n) is 10.7. The third-order valence-corrected chi connectivity index (χ3v) is 2.44. The SMILES string of the molecule is CCCCCCOc1ccc(NC(C)=O)cc1. The van der Waals surface area contributed by atoms with Gasteiger partial charge in [-0.3, -0.25) is 4.79 Å². The molecule has 17 heavy (non-hydrogen) atoms. The first-order valence-corrected chi connectivity index (χ1v) is 6.23. The number of amides is 1. The second kappa shape index (κ2) is 7.71. The van der Waals surface area contributed by atoms with E-state index in [4.69, 9.17) is 4.74 Å². The van der Waals surface area contributed by atoms with E-state index in [0.29, 0.717) is 0 Å².